The fourth-order valence-corrected chi connectivity index (χ4v) is 7.05. The second-order valence-corrected chi connectivity index (χ2v) is 14.9. The van der Waals surface area contributed by atoms with Gasteiger partial charge >= 0.3 is 6.09 Å². The Morgan fingerprint density at radius 3 is 2.43 bits per heavy atom. The SMILES string of the molecule is CCN(C(=O)c1cc(F)ccc1Oc1nncnc1N1CC2=C(CN(C(=O)C[C@@H](Cc3cn(C)c4ccccc34)NC(=O)OC(C)(C)C)C2)C1)C(C)C. The number of nitrogens with one attached hydrogen (secondary N) is 1. The molecule has 0 aliphatic carbocycles. The summed E-state index contributed by atoms with van der Waals surface area (Å²) in [6.45, 7) is 13.3. The van der Waals surface area contributed by atoms with E-state index in [1.165, 1.54) is 24.5 Å². The van der Waals surface area contributed by atoms with Gasteiger partial charge in [0.1, 0.15) is 23.5 Å². The van der Waals surface area contributed by atoms with Crippen molar-refractivity contribution >= 4 is 34.6 Å². The van der Waals surface area contributed by atoms with Crippen LogP contribution in [0.4, 0.5) is 15.0 Å². The van der Waals surface area contributed by atoms with Gasteiger partial charge in [-0.05, 0) is 88.9 Å². The highest BCUT2D eigenvalue weighted by molar-refractivity contribution is 5.97. The van der Waals surface area contributed by atoms with E-state index in [0.717, 1.165) is 27.6 Å². The molecule has 2 aliphatic rings. The van der Waals surface area contributed by atoms with Crippen LogP contribution in [0.3, 0.4) is 0 Å². The van der Waals surface area contributed by atoms with Gasteiger partial charge in [0.05, 0.1) is 5.56 Å². The lowest BCUT2D eigenvalue weighted by molar-refractivity contribution is -0.130. The van der Waals surface area contributed by atoms with Crippen LogP contribution in [0.1, 0.15) is 63.9 Å². The van der Waals surface area contributed by atoms with Gasteiger partial charge < -0.3 is 34.1 Å². The molecule has 53 heavy (non-hydrogen) atoms. The number of halogens is 1. The molecule has 0 bridgehead atoms. The second kappa shape index (κ2) is 15.2. The normalized spacial score (nSPS) is 14.9. The number of anilines is 1. The molecule has 2 aliphatic heterocycles. The molecule has 1 atom stereocenters. The maximum atomic E-state index is 14.4. The molecule has 0 unspecified atom stereocenters. The van der Waals surface area contributed by atoms with E-state index in [4.69, 9.17) is 9.47 Å². The number of para-hydroxylation sites is 1. The third kappa shape index (κ3) is 8.42. The summed E-state index contributed by atoms with van der Waals surface area (Å²) in [6, 6.07) is 11.3. The fraction of sp³-hybridized carbons (Fsp3) is 0.436. The quantitative estimate of drug-likeness (QED) is 0.195. The summed E-state index contributed by atoms with van der Waals surface area (Å²) in [5, 5.41) is 12.1. The Bertz CT molecular complexity index is 2040. The number of rotatable bonds is 11. The van der Waals surface area contributed by atoms with E-state index >= 15 is 0 Å². The fourth-order valence-electron chi connectivity index (χ4n) is 7.05. The Hall–Kier alpha value is -5.53. The van der Waals surface area contributed by atoms with Crippen molar-refractivity contribution in [2.45, 2.75) is 72.1 Å². The molecule has 0 spiro atoms. The van der Waals surface area contributed by atoms with Gasteiger partial charge in [0.15, 0.2) is 5.82 Å². The van der Waals surface area contributed by atoms with E-state index in [9.17, 15) is 18.8 Å². The van der Waals surface area contributed by atoms with Crippen molar-refractivity contribution in [1.29, 1.82) is 0 Å². The van der Waals surface area contributed by atoms with Crippen molar-refractivity contribution in [3.8, 4) is 11.6 Å². The van der Waals surface area contributed by atoms with E-state index in [1.807, 2.05) is 72.6 Å². The number of amides is 3. The van der Waals surface area contributed by atoms with Gasteiger partial charge in [0, 0.05) is 75.4 Å². The van der Waals surface area contributed by atoms with Gasteiger partial charge in [-0.2, -0.15) is 0 Å². The Morgan fingerprint density at radius 2 is 1.75 bits per heavy atom. The van der Waals surface area contributed by atoms with Crippen molar-refractivity contribution in [1.82, 2.24) is 34.9 Å². The number of fused-ring (bicyclic) bond motifs is 1. The lowest BCUT2D eigenvalue weighted by atomic mass is 10.0. The molecule has 14 heteroatoms. The molecule has 2 aromatic heterocycles. The van der Waals surface area contributed by atoms with Crippen LogP contribution in [0.25, 0.3) is 10.9 Å². The number of hydrogen-bond donors (Lipinski definition) is 1. The lowest BCUT2D eigenvalue weighted by Gasteiger charge is -2.27. The molecule has 0 fully saturated rings. The highest BCUT2D eigenvalue weighted by Crippen LogP contribution is 2.36. The number of hydrogen-bond acceptors (Lipinski definition) is 9. The van der Waals surface area contributed by atoms with E-state index < -0.39 is 23.6 Å². The highest BCUT2D eigenvalue weighted by Gasteiger charge is 2.35. The van der Waals surface area contributed by atoms with Crippen LogP contribution in [-0.2, 0) is 23.0 Å². The summed E-state index contributed by atoms with van der Waals surface area (Å²) >= 11 is 0. The van der Waals surface area contributed by atoms with E-state index in [-0.39, 0.29) is 41.5 Å². The molecule has 6 rings (SSSR count). The summed E-state index contributed by atoms with van der Waals surface area (Å²) in [5.41, 5.74) is 3.67. The van der Waals surface area contributed by atoms with Gasteiger partial charge in [0.25, 0.3) is 11.8 Å². The zero-order chi connectivity index (χ0) is 38.0. The average Bonchev–Trinajstić information content (AvgIpc) is 3.77. The van der Waals surface area contributed by atoms with E-state index in [1.54, 1.807) is 25.7 Å². The Morgan fingerprint density at radius 1 is 1.04 bits per heavy atom. The van der Waals surface area contributed by atoms with Crippen LogP contribution in [0.15, 0.2) is 66.1 Å². The number of ether oxygens (including phenoxy) is 2. The Kier molecular flexibility index (Phi) is 10.7. The highest BCUT2D eigenvalue weighted by atomic mass is 19.1. The molecule has 3 amide bonds. The minimum atomic E-state index is -0.684. The van der Waals surface area contributed by atoms with Crippen molar-refractivity contribution in [2.75, 3.05) is 37.6 Å². The predicted molar refractivity (Wildman–Crippen MR) is 198 cm³/mol. The molecule has 13 nitrogen and oxygen atoms in total. The Balaban J connectivity index is 1.13. The predicted octanol–water partition coefficient (Wildman–Crippen LogP) is 5.65. The molecule has 4 heterocycles. The van der Waals surface area contributed by atoms with Gasteiger partial charge in [0.2, 0.25) is 5.91 Å². The summed E-state index contributed by atoms with van der Waals surface area (Å²) in [6.07, 6.45) is 3.36. The molecule has 0 radical (unpaired) electrons. The molecule has 4 aromatic rings. The molecular formula is C39H47FN8O5. The van der Waals surface area contributed by atoms with Crippen LogP contribution in [0.5, 0.6) is 11.6 Å². The van der Waals surface area contributed by atoms with Crippen LogP contribution in [0, 0.1) is 5.82 Å². The maximum Gasteiger partial charge on any atom is 0.407 e. The van der Waals surface area contributed by atoms with E-state index in [2.05, 4.69) is 20.5 Å². The molecule has 0 saturated heterocycles. The lowest BCUT2D eigenvalue weighted by Crippen LogP contribution is -2.44. The molecule has 1 N–H and O–H groups in total. The first kappa shape index (κ1) is 37.2. The third-order valence-corrected chi connectivity index (χ3v) is 9.44. The van der Waals surface area contributed by atoms with Crippen LogP contribution < -0.4 is 15.0 Å². The first-order valence-electron chi connectivity index (χ1n) is 17.9. The number of carbonyl (C=O) groups excluding carboxylic acids is 3. The monoisotopic (exact) mass is 726 g/mol. The van der Waals surface area contributed by atoms with Crippen molar-refractivity contribution in [3.05, 3.63) is 83.1 Å². The Labute approximate surface area is 308 Å². The first-order chi connectivity index (χ1) is 25.2. The van der Waals surface area contributed by atoms with Crippen molar-refractivity contribution in [2.24, 2.45) is 7.05 Å². The zero-order valence-electron chi connectivity index (χ0n) is 31.4. The van der Waals surface area contributed by atoms with Gasteiger partial charge in [-0.25, -0.2) is 14.2 Å². The van der Waals surface area contributed by atoms with E-state index in [0.29, 0.717) is 45.0 Å². The number of aryl methyl sites for hydroxylation is 1. The summed E-state index contributed by atoms with van der Waals surface area (Å²) < 4.78 is 28.1. The molecule has 280 valence electrons. The van der Waals surface area contributed by atoms with Gasteiger partial charge in [-0.1, -0.05) is 18.2 Å². The number of alkyl carbamates (subject to hydrolysis) is 1. The van der Waals surface area contributed by atoms with Crippen molar-refractivity contribution in [3.63, 3.8) is 0 Å². The zero-order valence-corrected chi connectivity index (χ0v) is 31.4. The molecule has 0 saturated carbocycles. The largest absolute Gasteiger partial charge is 0.444 e. The number of nitrogens with zero attached hydrogens (tertiary/aromatic N) is 7. The van der Waals surface area contributed by atoms with Gasteiger partial charge in [-0.15, -0.1) is 10.2 Å². The number of benzene rings is 2. The van der Waals surface area contributed by atoms with Crippen LogP contribution in [0.2, 0.25) is 0 Å². The summed E-state index contributed by atoms with van der Waals surface area (Å²) in [7, 11) is 1.98. The summed E-state index contributed by atoms with van der Waals surface area (Å²) in [5.74, 6) is -0.341. The number of aromatic nitrogens is 4. The van der Waals surface area contributed by atoms with Crippen molar-refractivity contribution < 1.29 is 28.2 Å². The summed E-state index contributed by atoms with van der Waals surface area (Å²) in [4.78, 5) is 50.0. The smallest absolute Gasteiger partial charge is 0.407 e. The standard InChI is InChI=1S/C39H47FN8O5/c1-8-48(24(2)3)37(50)31-16-28(40)13-14-33(31)52-36-35(41-23-42-44-36)47-21-26-19-46(20-27(26)22-47)34(49)17-29(43-38(51)53-39(4,5)6)15-25-18-45(7)32-12-10-9-11-30(25)32/h9-14,16,18,23-24,29H,8,15,17,19-22H2,1-7H3,(H,43,51)/t29-/m1/s1. The second-order valence-electron chi connectivity index (χ2n) is 14.9. The third-order valence-electron chi connectivity index (χ3n) is 9.44. The molecular weight excluding hydrogens is 679 g/mol. The minimum Gasteiger partial charge on any atom is -0.444 e. The van der Waals surface area contributed by atoms with Crippen LogP contribution in [-0.4, -0.2) is 97.9 Å². The minimum absolute atomic E-state index is 0.0732. The molecule has 2 aromatic carbocycles. The first-order valence-corrected chi connectivity index (χ1v) is 17.9. The average molecular weight is 727 g/mol. The topological polar surface area (TPSA) is 135 Å². The maximum absolute atomic E-state index is 14.4. The number of carbonyl (C=O) groups is 3. The van der Waals surface area contributed by atoms with Gasteiger partial charge in [-0.3, -0.25) is 9.59 Å². The van der Waals surface area contributed by atoms with Crippen LogP contribution >= 0.6 is 0 Å².